The van der Waals surface area contributed by atoms with Gasteiger partial charge < -0.3 is 5.32 Å². The maximum atomic E-state index is 13.7. The summed E-state index contributed by atoms with van der Waals surface area (Å²) in [6, 6.07) is 5.30. The minimum atomic E-state index is -0.173. The molecule has 0 saturated carbocycles. The van der Waals surface area contributed by atoms with Crippen molar-refractivity contribution in [2.45, 2.75) is 25.8 Å². The highest BCUT2D eigenvalue weighted by atomic mass is 19.1. The van der Waals surface area contributed by atoms with Gasteiger partial charge in [0, 0.05) is 11.1 Å². The molecule has 1 aliphatic carbocycles. The predicted molar refractivity (Wildman–Crippen MR) is 61.2 cm³/mol. The normalized spacial score (nSPS) is 15.1. The Labute approximate surface area is 90.0 Å². The van der Waals surface area contributed by atoms with Gasteiger partial charge in [-0.25, -0.2) is 4.39 Å². The zero-order chi connectivity index (χ0) is 11.1. The van der Waals surface area contributed by atoms with Gasteiger partial charge in [0.2, 0.25) is 0 Å². The lowest BCUT2D eigenvalue weighted by Gasteiger charge is -2.27. The number of fused-ring (bicyclic) bond motifs is 1. The molecule has 0 unspecified atom stereocenters. The summed E-state index contributed by atoms with van der Waals surface area (Å²) in [7, 11) is 1.90. The molecule has 1 nitrogen and oxygen atoms in total. The van der Waals surface area contributed by atoms with Gasteiger partial charge in [-0.1, -0.05) is 18.2 Å². The van der Waals surface area contributed by atoms with E-state index in [0.717, 1.165) is 23.1 Å². The molecular weight excluding hydrogens is 189 g/mol. The smallest absolute Gasteiger partial charge is 0.131 e. The molecule has 1 aromatic carbocycles. The van der Waals surface area contributed by atoms with Crippen molar-refractivity contribution in [1.29, 1.82) is 0 Å². The van der Waals surface area contributed by atoms with Crippen molar-refractivity contribution in [3.05, 3.63) is 41.2 Å². The Hall–Kier alpha value is -1.15. The Balaban J connectivity index is 2.51. The highest BCUT2D eigenvalue weighted by molar-refractivity contribution is 5.78. The molecule has 0 bridgehead atoms. The molecule has 2 rings (SSSR count). The third-order valence-corrected chi connectivity index (χ3v) is 3.19. The Kier molecular flexibility index (Phi) is 2.39. The van der Waals surface area contributed by atoms with Crippen molar-refractivity contribution in [2.75, 3.05) is 7.05 Å². The van der Waals surface area contributed by atoms with Gasteiger partial charge in [-0.05, 0) is 44.5 Å². The highest BCUT2D eigenvalue weighted by Gasteiger charge is 2.29. The molecule has 0 aliphatic heterocycles. The lowest BCUT2D eigenvalue weighted by molar-refractivity contribution is 0.539. The summed E-state index contributed by atoms with van der Waals surface area (Å²) in [4.78, 5) is 0. The first-order valence-corrected chi connectivity index (χ1v) is 5.23. The first-order chi connectivity index (χ1) is 7.06. The lowest BCUT2D eigenvalue weighted by atomic mass is 9.89. The molecule has 0 aromatic heterocycles. The van der Waals surface area contributed by atoms with E-state index in [1.807, 2.05) is 13.1 Å². The minimum Gasteiger partial charge on any atom is -0.311 e. The predicted octanol–water partition coefficient (Wildman–Crippen LogP) is 2.76. The molecule has 1 N–H and O–H groups in total. The lowest BCUT2D eigenvalue weighted by Crippen LogP contribution is -2.37. The summed E-state index contributed by atoms with van der Waals surface area (Å²) in [6.45, 7) is 4.14. The minimum absolute atomic E-state index is 0.112. The topological polar surface area (TPSA) is 12.0 Å². The molecule has 0 amide bonds. The van der Waals surface area contributed by atoms with E-state index in [-0.39, 0.29) is 11.4 Å². The average molecular weight is 205 g/mol. The molecule has 0 saturated heterocycles. The SMILES string of the molecule is CNC(C)(C)C1=CCc2cccc(F)c21. The van der Waals surface area contributed by atoms with E-state index in [2.05, 4.69) is 25.2 Å². The van der Waals surface area contributed by atoms with Gasteiger partial charge in [-0.3, -0.25) is 0 Å². The standard InChI is InChI=1S/C13H16FN/c1-13(2,15-3)10-8-7-9-5-4-6-11(14)12(9)10/h4-6,8,15H,7H2,1-3H3. The van der Waals surface area contributed by atoms with Crippen LogP contribution in [-0.2, 0) is 6.42 Å². The Morgan fingerprint density at radius 1 is 1.33 bits per heavy atom. The van der Waals surface area contributed by atoms with E-state index in [9.17, 15) is 4.39 Å². The van der Waals surface area contributed by atoms with Crippen LogP contribution in [0.25, 0.3) is 5.57 Å². The number of rotatable bonds is 2. The van der Waals surface area contributed by atoms with Crippen molar-refractivity contribution in [2.24, 2.45) is 0 Å². The van der Waals surface area contributed by atoms with E-state index in [1.54, 1.807) is 6.07 Å². The quantitative estimate of drug-likeness (QED) is 0.782. The summed E-state index contributed by atoms with van der Waals surface area (Å²) in [5.74, 6) is -0.112. The number of allylic oxidation sites excluding steroid dienone is 1. The number of nitrogens with one attached hydrogen (secondary N) is 1. The van der Waals surface area contributed by atoms with Gasteiger partial charge in [0.1, 0.15) is 5.82 Å². The number of likely N-dealkylation sites (N-methyl/N-ethyl adjacent to an activating group) is 1. The largest absolute Gasteiger partial charge is 0.311 e. The Morgan fingerprint density at radius 2 is 2.07 bits per heavy atom. The van der Waals surface area contributed by atoms with E-state index >= 15 is 0 Å². The van der Waals surface area contributed by atoms with Crippen LogP contribution in [0.2, 0.25) is 0 Å². The van der Waals surface area contributed by atoms with Crippen molar-refractivity contribution in [1.82, 2.24) is 5.32 Å². The van der Waals surface area contributed by atoms with Crippen LogP contribution in [0, 0.1) is 5.82 Å². The van der Waals surface area contributed by atoms with Gasteiger partial charge in [0.25, 0.3) is 0 Å². The third kappa shape index (κ3) is 1.59. The molecule has 2 heteroatoms. The van der Waals surface area contributed by atoms with Gasteiger partial charge >= 0.3 is 0 Å². The Bertz CT molecular complexity index is 419. The van der Waals surface area contributed by atoms with Crippen LogP contribution in [-0.4, -0.2) is 12.6 Å². The summed E-state index contributed by atoms with van der Waals surface area (Å²) >= 11 is 0. The van der Waals surface area contributed by atoms with Crippen molar-refractivity contribution < 1.29 is 4.39 Å². The molecular formula is C13H16FN. The summed E-state index contributed by atoms with van der Waals surface area (Å²) in [5.41, 5.74) is 2.77. The maximum Gasteiger partial charge on any atom is 0.131 e. The van der Waals surface area contributed by atoms with Crippen molar-refractivity contribution in [3.8, 4) is 0 Å². The van der Waals surface area contributed by atoms with Crippen LogP contribution in [0.4, 0.5) is 4.39 Å². The van der Waals surface area contributed by atoms with Gasteiger partial charge in [-0.15, -0.1) is 0 Å². The second-order valence-electron chi connectivity index (χ2n) is 4.47. The Morgan fingerprint density at radius 3 is 2.73 bits per heavy atom. The zero-order valence-corrected chi connectivity index (χ0v) is 9.39. The van der Waals surface area contributed by atoms with Gasteiger partial charge in [0.05, 0.1) is 0 Å². The summed E-state index contributed by atoms with van der Waals surface area (Å²) < 4.78 is 13.7. The third-order valence-electron chi connectivity index (χ3n) is 3.19. The second kappa shape index (κ2) is 3.46. The molecule has 80 valence electrons. The van der Waals surface area contributed by atoms with Crippen LogP contribution in [0.5, 0.6) is 0 Å². The number of halogens is 1. The number of hydrogen-bond acceptors (Lipinski definition) is 1. The molecule has 0 fully saturated rings. The first-order valence-electron chi connectivity index (χ1n) is 5.23. The molecule has 0 atom stereocenters. The van der Waals surface area contributed by atoms with E-state index in [0.29, 0.717) is 0 Å². The number of benzene rings is 1. The highest BCUT2D eigenvalue weighted by Crippen LogP contribution is 2.36. The molecule has 1 aliphatic rings. The molecule has 1 aromatic rings. The fourth-order valence-corrected chi connectivity index (χ4v) is 2.06. The molecule has 0 radical (unpaired) electrons. The van der Waals surface area contributed by atoms with Gasteiger partial charge in [-0.2, -0.15) is 0 Å². The van der Waals surface area contributed by atoms with Crippen LogP contribution < -0.4 is 5.32 Å². The first kappa shape index (κ1) is 10.4. The van der Waals surface area contributed by atoms with E-state index in [1.165, 1.54) is 6.07 Å². The van der Waals surface area contributed by atoms with Crippen LogP contribution >= 0.6 is 0 Å². The van der Waals surface area contributed by atoms with E-state index in [4.69, 9.17) is 0 Å². The van der Waals surface area contributed by atoms with Crippen molar-refractivity contribution in [3.63, 3.8) is 0 Å². The zero-order valence-electron chi connectivity index (χ0n) is 9.39. The average Bonchev–Trinajstić information content (AvgIpc) is 2.63. The summed E-state index contributed by atoms with van der Waals surface area (Å²) in [5, 5.41) is 3.22. The molecule has 0 spiro atoms. The summed E-state index contributed by atoms with van der Waals surface area (Å²) in [6.07, 6.45) is 2.96. The fourth-order valence-electron chi connectivity index (χ4n) is 2.06. The molecule has 0 heterocycles. The number of hydrogen-bond donors (Lipinski definition) is 1. The molecule has 15 heavy (non-hydrogen) atoms. The van der Waals surface area contributed by atoms with Gasteiger partial charge in [0.15, 0.2) is 0 Å². The fraction of sp³-hybridized carbons (Fsp3) is 0.385. The van der Waals surface area contributed by atoms with Crippen LogP contribution in [0.15, 0.2) is 24.3 Å². The maximum absolute atomic E-state index is 13.7. The van der Waals surface area contributed by atoms with E-state index < -0.39 is 0 Å². The second-order valence-corrected chi connectivity index (χ2v) is 4.47. The van der Waals surface area contributed by atoms with Crippen molar-refractivity contribution >= 4 is 5.57 Å². The van der Waals surface area contributed by atoms with Crippen LogP contribution in [0.3, 0.4) is 0 Å². The van der Waals surface area contributed by atoms with Crippen LogP contribution in [0.1, 0.15) is 25.0 Å². The monoisotopic (exact) mass is 205 g/mol.